The Kier molecular flexibility index (Phi) is 6.79. The van der Waals surface area contributed by atoms with Crippen LogP contribution in [-0.2, 0) is 9.59 Å². The third-order valence-electron chi connectivity index (χ3n) is 4.82. The number of nitrogens with one attached hydrogen (secondary N) is 1. The first-order chi connectivity index (χ1) is 16.3. The van der Waals surface area contributed by atoms with Crippen LogP contribution in [0, 0.1) is 0 Å². The molecule has 2 amide bonds. The molecule has 0 radical (unpaired) electrons. The van der Waals surface area contributed by atoms with Crippen molar-refractivity contribution >= 4 is 64.0 Å². The zero-order valence-corrected chi connectivity index (χ0v) is 19.7. The normalized spacial score (nSPS) is 13.4. The summed E-state index contributed by atoms with van der Waals surface area (Å²) in [7, 11) is 1.41. The molecule has 0 saturated carbocycles. The third-order valence-corrected chi connectivity index (χ3v) is 5.66. The summed E-state index contributed by atoms with van der Waals surface area (Å²) >= 11 is 18.0. The van der Waals surface area contributed by atoms with Crippen molar-refractivity contribution in [1.29, 1.82) is 0 Å². The number of rotatable bonds is 6. The summed E-state index contributed by atoms with van der Waals surface area (Å²) < 4.78 is 10.5. The van der Waals surface area contributed by atoms with Crippen molar-refractivity contribution in [3.05, 3.63) is 93.1 Å². The number of hydrogen-bond acceptors (Lipinski definition) is 6. The minimum absolute atomic E-state index is 0.120. The van der Waals surface area contributed by atoms with Crippen LogP contribution in [-0.4, -0.2) is 24.9 Å². The molecule has 0 aliphatic carbocycles. The minimum atomic E-state index is -0.724. The number of nitrogens with zero attached hydrogens (tertiary/aromatic N) is 1. The Labute approximate surface area is 209 Å². The first kappa shape index (κ1) is 23.6. The van der Waals surface area contributed by atoms with E-state index in [4.69, 9.17) is 44.3 Å². The zero-order valence-electron chi connectivity index (χ0n) is 17.5. The molecule has 0 saturated heterocycles. The smallest absolute Gasteiger partial charge is 0.343 e. The quantitative estimate of drug-likeness (QED) is 0.258. The molecule has 1 N–H and O–H groups in total. The summed E-state index contributed by atoms with van der Waals surface area (Å²) in [5.74, 6) is -1.35. The number of benzene rings is 3. The van der Waals surface area contributed by atoms with E-state index in [0.717, 1.165) is 4.90 Å². The number of esters is 1. The number of anilines is 2. The molecule has 34 heavy (non-hydrogen) atoms. The number of amides is 2. The Morgan fingerprint density at radius 3 is 2.15 bits per heavy atom. The van der Waals surface area contributed by atoms with Crippen molar-refractivity contribution in [2.75, 3.05) is 17.3 Å². The summed E-state index contributed by atoms with van der Waals surface area (Å²) in [5.41, 5.74) is 0.752. The zero-order chi connectivity index (χ0) is 24.4. The van der Waals surface area contributed by atoms with Gasteiger partial charge in [-0.1, -0.05) is 34.8 Å². The fraction of sp³-hybridized carbons (Fsp3) is 0.0417. The molecule has 10 heteroatoms. The third kappa shape index (κ3) is 4.72. The number of carbonyl (C=O) groups excluding carboxylic acids is 3. The van der Waals surface area contributed by atoms with Crippen LogP contribution in [0.5, 0.6) is 11.5 Å². The van der Waals surface area contributed by atoms with E-state index in [-0.39, 0.29) is 27.7 Å². The van der Waals surface area contributed by atoms with Crippen molar-refractivity contribution in [2.45, 2.75) is 0 Å². The van der Waals surface area contributed by atoms with Crippen molar-refractivity contribution < 1.29 is 23.9 Å². The van der Waals surface area contributed by atoms with E-state index < -0.39 is 17.8 Å². The molecule has 0 spiro atoms. The first-order valence-electron chi connectivity index (χ1n) is 9.75. The molecule has 7 nitrogen and oxygen atoms in total. The Morgan fingerprint density at radius 1 is 0.853 bits per heavy atom. The van der Waals surface area contributed by atoms with Crippen LogP contribution in [0.15, 0.2) is 77.5 Å². The van der Waals surface area contributed by atoms with E-state index >= 15 is 0 Å². The maximum absolute atomic E-state index is 13.0. The Hall–Kier alpha value is -3.52. The van der Waals surface area contributed by atoms with Gasteiger partial charge in [-0.2, -0.15) is 0 Å². The molecular formula is C24H15Cl3N2O5. The number of halogens is 3. The number of hydrogen-bond donors (Lipinski definition) is 1. The van der Waals surface area contributed by atoms with Gasteiger partial charge in [0.15, 0.2) is 0 Å². The molecule has 0 aromatic heterocycles. The lowest BCUT2D eigenvalue weighted by atomic mass is 10.2. The van der Waals surface area contributed by atoms with Crippen LogP contribution in [0.3, 0.4) is 0 Å². The van der Waals surface area contributed by atoms with Gasteiger partial charge >= 0.3 is 5.97 Å². The van der Waals surface area contributed by atoms with Crippen LogP contribution in [0.25, 0.3) is 0 Å². The fourth-order valence-electron chi connectivity index (χ4n) is 3.17. The van der Waals surface area contributed by atoms with Crippen LogP contribution in [0.1, 0.15) is 10.4 Å². The molecule has 1 aliphatic rings. The molecule has 1 aliphatic heterocycles. The molecule has 1 heterocycles. The van der Waals surface area contributed by atoms with Crippen molar-refractivity contribution in [2.24, 2.45) is 0 Å². The average molecular weight is 518 g/mol. The molecule has 172 valence electrons. The van der Waals surface area contributed by atoms with E-state index in [1.54, 1.807) is 48.5 Å². The van der Waals surface area contributed by atoms with Gasteiger partial charge in [-0.25, -0.2) is 9.69 Å². The summed E-state index contributed by atoms with van der Waals surface area (Å²) in [6.45, 7) is 0. The number of imide groups is 1. The van der Waals surface area contributed by atoms with Gasteiger partial charge < -0.3 is 14.8 Å². The highest BCUT2D eigenvalue weighted by Gasteiger charge is 2.40. The second kappa shape index (κ2) is 9.77. The maximum Gasteiger partial charge on any atom is 0.343 e. The van der Waals surface area contributed by atoms with Gasteiger partial charge in [0.2, 0.25) is 0 Å². The van der Waals surface area contributed by atoms with Crippen molar-refractivity contribution in [3.63, 3.8) is 0 Å². The standard InChI is InChI=1S/C24H15Cl3N2O5/c1-33-19-11-6-15(26)12-18(19)29-22(30)20(27)21(23(29)31)28-16-7-2-13(3-8-16)24(32)34-17-9-4-14(25)5-10-17/h2-12,28H,1H3. The highest BCUT2D eigenvalue weighted by molar-refractivity contribution is 6.53. The van der Waals surface area contributed by atoms with E-state index in [1.165, 1.54) is 25.3 Å². The minimum Gasteiger partial charge on any atom is -0.495 e. The number of methoxy groups -OCH3 is 1. The lowest BCUT2D eigenvalue weighted by Crippen LogP contribution is -2.32. The molecule has 0 bridgehead atoms. The summed E-state index contributed by atoms with van der Waals surface area (Å²) in [4.78, 5) is 39.0. The van der Waals surface area contributed by atoms with E-state index in [0.29, 0.717) is 21.5 Å². The second-order valence-corrected chi connectivity index (χ2v) is 8.25. The SMILES string of the molecule is COc1ccc(Cl)cc1N1C(=O)C(Cl)=C(Nc2ccc(C(=O)Oc3ccc(Cl)cc3)cc2)C1=O. The van der Waals surface area contributed by atoms with Gasteiger partial charge in [0, 0.05) is 15.7 Å². The van der Waals surface area contributed by atoms with Crippen LogP contribution < -0.4 is 19.7 Å². The largest absolute Gasteiger partial charge is 0.495 e. The first-order valence-corrected chi connectivity index (χ1v) is 10.9. The number of ether oxygens (including phenoxy) is 2. The van der Waals surface area contributed by atoms with Crippen molar-refractivity contribution in [1.82, 2.24) is 0 Å². The fourth-order valence-corrected chi connectivity index (χ4v) is 3.68. The van der Waals surface area contributed by atoms with E-state index in [9.17, 15) is 14.4 Å². The maximum atomic E-state index is 13.0. The van der Waals surface area contributed by atoms with Gasteiger partial charge in [-0.15, -0.1) is 0 Å². The van der Waals surface area contributed by atoms with Crippen LogP contribution in [0.4, 0.5) is 11.4 Å². The Balaban J connectivity index is 1.51. The Morgan fingerprint density at radius 2 is 1.50 bits per heavy atom. The van der Waals surface area contributed by atoms with Gasteiger partial charge in [0.25, 0.3) is 11.8 Å². The van der Waals surface area contributed by atoms with Gasteiger partial charge in [0.05, 0.1) is 18.4 Å². The molecule has 3 aromatic carbocycles. The van der Waals surface area contributed by atoms with Crippen LogP contribution >= 0.6 is 34.8 Å². The summed E-state index contributed by atoms with van der Waals surface area (Å²) in [6, 6.07) is 17.0. The van der Waals surface area contributed by atoms with E-state index in [1.807, 2.05) is 0 Å². The molecule has 3 aromatic rings. The van der Waals surface area contributed by atoms with Gasteiger partial charge in [0.1, 0.15) is 22.2 Å². The molecule has 0 fully saturated rings. The number of carbonyl (C=O) groups is 3. The Bertz CT molecular complexity index is 1320. The molecule has 4 rings (SSSR count). The highest BCUT2D eigenvalue weighted by atomic mass is 35.5. The molecule has 0 unspecified atom stereocenters. The summed E-state index contributed by atoms with van der Waals surface area (Å²) in [6.07, 6.45) is 0. The lowest BCUT2D eigenvalue weighted by molar-refractivity contribution is -0.120. The van der Waals surface area contributed by atoms with Crippen molar-refractivity contribution in [3.8, 4) is 11.5 Å². The summed E-state index contributed by atoms with van der Waals surface area (Å²) in [5, 5.41) is 3.38. The van der Waals surface area contributed by atoms with Crippen LogP contribution in [0.2, 0.25) is 10.0 Å². The topological polar surface area (TPSA) is 84.9 Å². The predicted octanol–water partition coefficient (Wildman–Crippen LogP) is 5.66. The van der Waals surface area contributed by atoms with Gasteiger partial charge in [-0.05, 0) is 66.7 Å². The molecular weight excluding hydrogens is 503 g/mol. The lowest BCUT2D eigenvalue weighted by Gasteiger charge is -2.18. The average Bonchev–Trinajstić information content (AvgIpc) is 3.04. The monoisotopic (exact) mass is 516 g/mol. The molecule has 0 atom stereocenters. The van der Waals surface area contributed by atoms with Gasteiger partial charge in [-0.3, -0.25) is 9.59 Å². The predicted molar refractivity (Wildman–Crippen MR) is 130 cm³/mol. The van der Waals surface area contributed by atoms with E-state index in [2.05, 4.69) is 5.32 Å². The second-order valence-electron chi connectivity index (χ2n) is 7.00. The highest BCUT2D eigenvalue weighted by Crippen LogP contribution is 2.37.